The van der Waals surface area contributed by atoms with E-state index in [1.165, 1.54) is 31.4 Å². The van der Waals surface area contributed by atoms with Crippen molar-refractivity contribution >= 4 is 35.3 Å². The molecule has 0 aromatic heterocycles. The van der Waals surface area contributed by atoms with Gasteiger partial charge in [-0.3, -0.25) is 25.0 Å². The summed E-state index contributed by atoms with van der Waals surface area (Å²) in [7, 11) is 1.93. The maximum absolute atomic E-state index is 13.0. The lowest BCUT2D eigenvalue weighted by molar-refractivity contribution is -0.385. The number of nitrogens with one attached hydrogen (secondary N) is 2. The van der Waals surface area contributed by atoms with Gasteiger partial charge in [-0.2, -0.15) is 0 Å². The molecule has 1 aliphatic carbocycles. The van der Waals surface area contributed by atoms with E-state index in [0.717, 1.165) is 31.4 Å². The second-order valence-electron chi connectivity index (χ2n) is 8.97. The Bertz CT molecular complexity index is 993. The lowest BCUT2D eigenvalue weighted by Gasteiger charge is -2.37. The molecule has 33 heavy (non-hydrogen) atoms. The predicted octanol–water partition coefficient (Wildman–Crippen LogP) is 2.78. The minimum atomic E-state index is -0.657. The second kappa shape index (κ2) is 9.60. The van der Waals surface area contributed by atoms with Crippen molar-refractivity contribution in [2.24, 2.45) is 5.92 Å². The first kappa shape index (κ1) is 22.8. The van der Waals surface area contributed by atoms with Gasteiger partial charge in [-0.05, 0) is 43.9 Å². The number of nitrogens with zero attached hydrogens (tertiary/aromatic N) is 3. The summed E-state index contributed by atoms with van der Waals surface area (Å²) in [5, 5.41) is 15.9. The van der Waals surface area contributed by atoms with Crippen LogP contribution in [0.4, 0.5) is 16.2 Å². The maximum atomic E-state index is 13.0. The van der Waals surface area contributed by atoms with Gasteiger partial charge in [0, 0.05) is 43.9 Å². The Morgan fingerprint density at radius 1 is 1.12 bits per heavy atom. The molecule has 2 aliphatic heterocycles. The van der Waals surface area contributed by atoms with Gasteiger partial charge >= 0.3 is 6.03 Å². The van der Waals surface area contributed by atoms with Gasteiger partial charge in [-0.1, -0.05) is 19.3 Å². The fraction of sp³-hybridized carbons (Fsp3) is 0.522. The van der Waals surface area contributed by atoms with Crippen LogP contribution in [0.1, 0.15) is 50.5 Å². The Hall–Kier alpha value is -3.43. The van der Waals surface area contributed by atoms with E-state index in [4.69, 9.17) is 0 Å². The number of piperidine rings is 1. The molecule has 0 atom stereocenters. The summed E-state index contributed by atoms with van der Waals surface area (Å²) in [5.74, 6) is -0.412. The Labute approximate surface area is 192 Å². The fourth-order valence-electron chi connectivity index (χ4n) is 4.98. The van der Waals surface area contributed by atoms with Crippen LogP contribution < -0.4 is 15.5 Å². The molecule has 0 bridgehead atoms. The van der Waals surface area contributed by atoms with Crippen molar-refractivity contribution in [3.63, 3.8) is 0 Å². The van der Waals surface area contributed by atoms with E-state index in [-0.39, 0.29) is 28.8 Å². The highest BCUT2D eigenvalue weighted by Gasteiger charge is 2.31. The van der Waals surface area contributed by atoms with Crippen LogP contribution in [0.25, 0.3) is 6.08 Å². The number of hydrogen-bond donors (Lipinski definition) is 2. The molecule has 176 valence electrons. The van der Waals surface area contributed by atoms with E-state index >= 15 is 0 Å². The first-order chi connectivity index (χ1) is 15.8. The molecular formula is C23H29N5O5. The van der Waals surface area contributed by atoms with Crippen molar-refractivity contribution in [3.8, 4) is 0 Å². The lowest BCUT2D eigenvalue weighted by Crippen LogP contribution is -2.45. The SMILES string of the molecule is CN(C(=O)C1CCN(c2ccc([N+](=O)[O-])c(C=C3NC(=O)NC3=O)c2)CC1)C1CCCCC1. The summed E-state index contributed by atoms with van der Waals surface area (Å²) >= 11 is 0. The van der Waals surface area contributed by atoms with Crippen molar-refractivity contribution in [1.29, 1.82) is 0 Å². The van der Waals surface area contributed by atoms with Crippen molar-refractivity contribution in [1.82, 2.24) is 15.5 Å². The first-order valence-electron chi connectivity index (χ1n) is 11.5. The van der Waals surface area contributed by atoms with Crippen LogP contribution in [-0.4, -0.2) is 53.8 Å². The number of imide groups is 1. The van der Waals surface area contributed by atoms with Gasteiger partial charge in [0.15, 0.2) is 0 Å². The third-order valence-corrected chi connectivity index (χ3v) is 6.91. The molecule has 0 unspecified atom stereocenters. The van der Waals surface area contributed by atoms with Crippen LogP contribution in [0.2, 0.25) is 0 Å². The Balaban J connectivity index is 1.45. The van der Waals surface area contributed by atoms with Crippen molar-refractivity contribution in [2.75, 3.05) is 25.0 Å². The molecule has 2 heterocycles. The number of nitro benzene ring substituents is 1. The zero-order chi connectivity index (χ0) is 23.5. The summed E-state index contributed by atoms with van der Waals surface area (Å²) < 4.78 is 0. The highest BCUT2D eigenvalue weighted by molar-refractivity contribution is 6.14. The molecular weight excluding hydrogens is 426 g/mol. The Morgan fingerprint density at radius 2 is 1.82 bits per heavy atom. The van der Waals surface area contributed by atoms with Crippen molar-refractivity contribution in [3.05, 3.63) is 39.6 Å². The van der Waals surface area contributed by atoms with Gasteiger partial charge in [0.25, 0.3) is 11.6 Å². The van der Waals surface area contributed by atoms with Crippen LogP contribution >= 0.6 is 0 Å². The number of amides is 4. The summed E-state index contributed by atoms with van der Waals surface area (Å²) in [5.41, 5.74) is 0.832. The standard InChI is InChI=1S/C23H29N5O5/c1-26(17-5-3-2-4-6-17)22(30)15-9-11-27(12-10-15)18-7-8-20(28(32)33)16(13-18)14-19-21(29)25-23(31)24-19/h7-8,13-15,17H,2-6,9-12H2,1H3,(H2,24,25,29,31). The Kier molecular flexibility index (Phi) is 6.62. The molecule has 1 aromatic carbocycles. The molecule has 3 fully saturated rings. The molecule has 0 radical (unpaired) electrons. The molecule has 10 nitrogen and oxygen atoms in total. The van der Waals surface area contributed by atoms with Gasteiger partial charge in [-0.15, -0.1) is 0 Å². The topological polar surface area (TPSA) is 125 Å². The smallest absolute Gasteiger partial charge is 0.326 e. The number of carbonyl (C=O) groups excluding carboxylic acids is 3. The van der Waals surface area contributed by atoms with Gasteiger partial charge in [0.2, 0.25) is 5.91 Å². The van der Waals surface area contributed by atoms with Gasteiger partial charge in [0.05, 0.1) is 10.5 Å². The predicted molar refractivity (Wildman–Crippen MR) is 122 cm³/mol. The first-order valence-corrected chi connectivity index (χ1v) is 11.5. The number of benzene rings is 1. The lowest BCUT2D eigenvalue weighted by atomic mass is 9.91. The van der Waals surface area contributed by atoms with E-state index in [1.807, 2.05) is 11.9 Å². The Morgan fingerprint density at radius 3 is 2.42 bits per heavy atom. The molecule has 1 aromatic rings. The maximum Gasteiger partial charge on any atom is 0.326 e. The van der Waals surface area contributed by atoms with Crippen LogP contribution in [0.3, 0.4) is 0 Å². The van der Waals surface area contributed by atoms with Crippen LogP contribution in [0.5, 0.6) is 0 Å². The molecule has 10 heteroatoms. The van der Waals surface area contributed by atoms with Crippen LogP contribution in [0.15, 0.2) is 23.9 Å². The third-order valence-electron chi connectivity index (χ3n) is 6.91. The molecule has 0 spiro atoms. The van der Waals surface area contributed by atoms with Crippen LogP contribution in [-0.2, 0) is 9.59 Å². The third kappa shape index (κ3) is 4.99. The number of anilines is 1. The van der Waals surface area contributed by atoms with E-state index in [2.05, 4.69) is 15.5 Å². The normalized spacial score (nSPS) is 21.1. The number of urea groups is 1. The largest absolute Gasteiger partial charge is 0.371 e. The minimum absolute atomic E-state index is 0.00906. The molecule has 4 amide bonds. The van der Waals surface area contributed by atoms with Gasteiger partial charge in [-0.25, -0.2) is 4.79 Å². The van der Waals surface area contributed by atoms with E-state index in [9.17, 15) is 24.5 Å². The van der Waals surface area contributed by atoms with Gasteiger partial charge < -0.3 is 15.1 Å². The molecule has 2 N–H and O–H groups in total. The van der Waals surface area contributed by atoms with E-state index in [1.54, 1.807) is 12.1 Å². The number of nitro groups is 1. The quantitative estimate of drug-likeness (QED) is 0.304. The zero-order valence-electron chi connectivity index (χ0n) is 18.7. The van der Waals surface area contributed by atoms with E-state index in [0.29, 0.717) is 19.1 Å². The summed E-state index contributed by atoms with van der Waals surface area (Å²) in [6, 6.07) is 4.44. The summed E-state index contributed by atoms with van der Waals surface area (Å²) in [6.07, 6.45) is 8.55. The second-order valence-corrected chi connectivity index (χ2v) is 8.97. The highest BCUT2D eigenvalue weighted by atomic mass is 16.6. The average Bonchev–Trinajstić information content (AvgIpc) is 3.14. The molecule has 2 saturated heterocycles. The fourth-order valence-corrected chi connectivity index (χ4v) is 4.98. The van der Waals surface area contributed by atoms with Crippen molar-refractivity contribution < 1.29 is 19.3 Å². The number of rotatable bonds is 5. The molecule has 1 saturated carbocycles. The highest BCUT2D eigenvalue weighted by Crippen LogP contribution is 2.31. The zero-order valence-corrected chi connectivity index (χ0v) is 18.7. The molecule has 3 aliphatic rings. The van der Waals surface area contributed by atoms with Crippen molar-refractivity contribution in [2.45, 2.75) is 51.0 Å². The average molecular weight is 456 g/mol. The van der Waals surface area contributed by atoms with Gasteiger partial charge in [0.1, 0.15) is 5.70 Å². The minimum Gasteiger partial charge on any atom is -0.371 e. The summed E-state index contributed by atoms with van der Waals surface area (Å²) in [4.78, 5) is 51.2. The van der Waals surface area contributed by atoms with Crippen LogP contribution in [0, 0.1) is 16.0 Å². The van der Waals surface area contributed by atoms with E-state index < -0.39 is 16.9 Å². The monoisotopic (exact) mass is 455 g/mol. The molecule has 4 rings (SSSR count). The number of hydrogen-bond acceptors (Lipinski definition) is 6. The number of carbonyl (C=O) groups is 3. The summed E-state index contributed by atoms with van der Waals surface area (Å²) in [6.45, 7) is 1.33.